The first-order valence-corrected chi connectivity index (χ1v) is 7.00. The van der Waals surface area contributed by atoms with Crippen molar-refractivity contribution in [2.45, 2.75) is 44.4 Å². The molecule has 1 aromatic rings. The molecule has 1 aliphatic heterocycles. The molecule has 2 heterocycles. The molecule has 0 fully saturated rings. The second-order valence-electron chi connectivity index (χ2n) is 5.04. The van der Waals surface area contributed by atoms with Crippen LogP contribution in [0.15, 0.2) is 16.3 Å². The quantitative estimate of drug-likeness (QED) is 0.608. The van der Waals surface area contributed by atoms with Gasteiger partial charge < -0.3 is 0 Å². The van der Waals surface area contributed by atoms with Gasteiger partial charge in [0, 0.05) is 22.9 Å². The lowest BCUT2D eigenvalue weighted by Crippen LogP contribution is -2.18. The molecule has 17 heavy (non-hydrogen) atoms. The van der Waals surface area contributed by atoms with Crippen molar-refractivity contribution < 1.29 is 0 Å². The van der Waals surface area contributed by atoms with Crippen molar-refractivity contribution in [3.8, 4) is 0 Å². The van der Waals surface area contributed by atoms with Crippen LogP contribution in [0.5, 0.6) is 0 Å². The second kappa shape index (κ2) is 5.17. The summed E-state index contributed by atoms with van der Waals surface area (Å²) >= 11 is 1.80. The summed E-state index contributed by atoms with van der Waals surface area (Å²) in [7, 11) is 0. The number of thioether (sulfide) groups is 1. The van der Waals surface area contributed by atoms with Gasteiger partial charge in [-0.05, 0) is 12.3 Å². The average Bonchev–Trinajstić information content (AvgIpc) is 2.28. The third-order valence-corrected chi connectivity index (χ3v) is 3.96. The van der Waals surface area contributed by atoms with Gasteiger partial charge in [0.15, 0.2) is 5.82 Å². The predicted octanol–water partition coefficient (Wildman–Crippen LogP) is 3.51. The first-order chi connectivity index (χ1) is 8.08. The molecular weight excluding hydrogens is 230 g/mol. The van der Waals surface area contributed by atoms with Crippen molar-refractivity contribution in [1.82, 2.24) is 9.97 Å². The Bertz CT molecular complexity index is 427. The Labute approximate surface area is 107 Å². The van der Waals surface area contributed by atoms with Crippen LogP contribution in [-0.2, 0) is 6.42 Å². The highest BCUT2D eigenvalue weighted by molar-refractivity contribution is 7.99. The molecule has 1 aliphatic rings. The van der Waals surface area contributed by atoms with E-state index in [4.69, 9.17) is 0 Å². The van der Waals surface area contributed by atoms with Crippen LogP contribution < -0.4 is 0 Å². The highest BCUT2D eigenvalue weighted by atomic mass is 32.2. The monoisotopic (exact) mass is 249 g/mol. The number of fused-ring (bicyclic) bond motifs is 1. The first-order valence-electron chi connectivity index (χ1n) is 6.12. The maximum absolute atomic E-state index is 4.47. The molecule has 0 spiro atoms. The fourth-order valence-corrected chi connectivity index (χ4v) is 2.74. The summed E-state index contributed by atoms with van der Waals surface area (Å²) in [5.41, 5.74) is 1.23. The van der Waals surface area contributed by atoms with E-state index in [1.807, 2.05) is 6.21 Å². The Morgan fingerprint density at radius 1 is 1.24 bits per heavy atom. The molecule has 2 rings (SSSR count). The summed E-state index contributed by atoms with van der Waals surface area (Å²) in [6, 6.07) is 0. The van der Waals surface area contributed by atoms with Gasteiger partial charge in [-0.1, -0.05) is 27.7 Å². The second-order valence-corrected chi connectivity index (χ2v) is 6.60. The summed E-state index contributed by atoms with van der Waals surface area (Å²) < 4.78 is 0. The van der Waals surface area contributed by atoms with Crippen LogP contribution in [0.1, 0.15) is 33.3 Å². The molecule has 0 saturated carbocycles. The van der Waals surface area contributed by atoms with E-state index in [1.54, 1.807) is 18.1 Å². The minimum Gasteiger partial charge on any atom is -0.241 e. The SMILES string of the molecule is CC(C)Sc1ncnc2c1CC(C(C)C)C=N2. The van der Waals surface area contributed by atoms with Crippen molar-refractivity contribution in [1.29, 1.82) is 0 Å². The van der Waals surface area contributed by atoms with Gasteiger partial charge in [0.05, 0.1) is 0 Å². The van der Waals surface area contributed by atoms with Gasteiger partial charge in [-0.15, -0.1) is 11.8 Å². The Balaban J connectivity index is 2.32. The Kier molecular flexibility index (Phi) is 3.82. The molecule has 1 aromatic heterocycles. The Morgan fingerprint density at radius 2 is 2.00 bits per heavy atom. The van der Waals surface area contributed by atoms with Gasteiger partial charge in [0.25, 0.3) is 0 Å². The van der Waals surface area contributed by atoms with Gasteiger partial charge in [-0.2, -0.15) is 0 Å². The van der Waals surface area contributed by atoms with Crippen molar-refractivity contribution in [2.75, 3.05) is 0 Å². The molecule has 92 valence electrons. The fourth-order valence-electron chi connectivity index (χ4n) is 1.86. The highest BCUT2D eigenvalue weighted by Crippen LogP contribution is 2.34. The molecule has 0 saturated heterocycles. The van der Waals surface area contributed by atoms with Crippen molar-refractivity contribution >= 4 is 23.8 Å². The lowest BCUT2D eigenvalue weighted by atomic mass is 9.89. The van der Waals surface area contributed by atoms with Crippen LogP contribution in [-0.4, -0.2) is 21.4 Å². The molecule has 4 heteroatoms. The van der Waals surface area contributed by atoms with Crippen LogP contribution in [0.3, 0.4) is 0 Å². The molecular formula is C13H19N3S. The fraction of sp³-hybridized carbons (Fsp3) is 0.615. The van der Waals surface area contributed by atoms with Crippen molar-refractivity contribution in [2.24, 2.45) is 16.8 Å². The summed E-state index contributed by atoms with van der Waals surface area (Å²) in [6.07, 6.45) is 4.69. The number of aliphatic imine (C=N–C) groups is 1. The van der Waals surface area contributed by atoms with E-state index in [1.165, 1.54) is 5.56 Å². The van der Waals surface area contributed by atoms with E-state index < -0.39 is 0 Å². The number of nitrogens with zero attached hydrogens (tertiary/aromatic N) is 3. The number of aromatic nitrogens is 2. The minimum absolute atomic E-state index is 0.514. The predicted molar refractivity (Wildman–Crippen MR) is 73.2 cm³/mol. The molecule has 0 radical (unpaired) electrons. The van der Waals surface area contributed by atoms with E-state index in [-0.39, 0.29) is 0 Å². The summed E-state index contributed by atoms with van der Waals surface area (Å²) in [6.45, 7) is 8.85. The highest BCUT2D eigenvalue weighted by Gasteiger charge is 2.22. The topological polar surface area (TPSA) is 38.1 Å². The molecule has 1 unspecified atom stereocenters. The maximum atomic E-state index is 4.47. The van der Waals surface area contributed by atoms with Crippen molar-refractivity contribution in [3.05, 3.63) is 11.9 Å². The average molecular weight is 249 g/mol. The normalized spacial score (nSPS) is 18.8. The van der Waals surface area contributed by atoms with Gasteiger partial charge in [-0.3, -0.25) is 0 Å². The third-order valence-electron chi connectivity index (χ3n) is 2.91. The minimum atomic E-state index is 0.514. The lowest BCUT2D eigenvalue weighted by molar-refractivity contribution is 0.490. The van der Waals surface area contributed by atoms with E-state index in [9.17, 15) is 0 Å². The van der Waals surface area contributed by atoms with Gasteiger partial charge in [0.1, 0.15) is 11.4 Å². The number of rotatable bonds is 3. The van der Waals surface area contributed by atoms with E-state index in [2.05, 4.69) is 42.7 Å². The zero-order valence-electron chi connectivity index (χ0n) is 10.8. The number of hydrogen-bond donors (Lipinski definition) is 0. The molecule has 0 amide bonds. The lowest BCUT2D eigenvalue weighted by Gasteiger charge is -2.22. The Hall–Kier alpha value is -0.900. The summed E-state index contributed by atoms with van der Waals surface area (Å²) in [4.78, 5) is 13.1. The van der Waals surface area contributed by atoms with E-state index in [0.717, 1.165) is 17.3 Å². The largest absolute Gasteiger partial charge is 0.241 e. The van der Waals surface area contributed by atoms with E-state index >= 15 is 0 Å². The van der Waals surface area contributed by atoms with E-state index in [0.29, 0.717) is 17.1 Å². The summed E-state index contributed by atoms with van der Waals surface area (Å²) in [5.74, 6) is 1.99. The Morgan fingerprint density at radius 3 is 2.65 bits per heavy atom. The van der Waals surface area contributed by atoms with Crippen LogP contribution >= 0.6 is 11.8 Å². The molecule has 1 atom stereocenters. The van der Waals surface area contributed by atoms with Gasteiger partial charge in [-0.25, -0.2) is 15.0 Å². The van der Waals surface area contributed by atoms with Crippen LogP contribution in [0.2, 0.25) is 0 Å². The molecule has 0 aliphatic carbocycles. The van der Waals surface area contributed by atoms with Crippen molar-refractivity contribution in [3.63, 3.8) is 0 Å². The zero-order valence-corrected chi connectivity index (χ0v) is 11.7. The smallest absolute Gasteiger partial charge is 0.159 e. The molecule has 0 N–H and O–H groups in total. The van der Waals surface area contributed by atoms with Crippen LogP contribution in [0.4, 0.5) is 5.82 Å². The zero-order chi connectivity index (χ0) is 12.4. The van der Waals surface area contributed by atoms with Crippen LogP contribution in [0.25, 0.3) is 0 Å². The molecule has 0 aromatic carbocycles. The molecule has 0 bridgehead atoms. The van der Waals surface area contributed by atoms with Crippen LogP contribution in [0, 0.1) is 11.8 Å². The summed E-state index contributed by atoms with van der Waals surface area (Å²) in [5, 5.41) is 1.64. The standard InChI is InChI=1S/C13H19N3S/c1-8(2)10-5-11-12(14-6-10)15-7-16-13(11)17-9(3)4/h6-10H,5H2,1-4H3. The molecule has 3 nitrogen and oxygen atoms in total. The number of hydrogen-bond acceptors (Lipinski definition) is 4. The van der Waals surface area contributed by atoms with Gasteiger partial charge >= 0.3 is 0 Å². The maximum Gasteiger partial charge on any atom is 0.159 e. The van der Waals surface area contributed by atoms with Gasteiger partial charge in [0.2, 0.25) is 0 Å². The first kappa shape index (κ1) is 12.6. The third kappa shape index (κ3) is 2.86.